The molecule has 4 aliphatic heterocycles. The van der Waals surface area contributed by atoms with Crippen LogP contribution in [0.3, 0.4) is 0 Å². The van der Waals surface area contributed by atoms with E-state index in [1.165, 1.54) is 13.0 Å². The Morgan fingerprint density at radius 1 is 0.962 bits per heavy atom. The summed E-state index contributed by atoms with van der Waals surface area (Å²) in [5.41, 5.74) is 3.57. The minimum Gasteiger partial charge on any atom is -0.315 e. The molecule has 7 heteroatoms. The Morgan fingerprint density at radius 3 is 2.73 bits per heavy atom. The lowest BCUT2D eigenvalue weighted by molar-refractivity contribution is -0.0279. The molecule has 0 aromatic rings. The second-order valence-corrected chi connectivity index (χ2v) is 9.20. The fraction of sp³-hybridized carbons (Fsp3) is 1.00. The van der Waals surface area contributed by atoms with E-state index in [4.69, 9.17) is 0 Å². The van der Waals surface area contributed by atoms with Crippen LogP contribution in [0.2, 0.25) is 0 Å². The summed E-state index contributed by atoms with van der Waals surface area (Å²) < 4.78 is 14.3. The van der Waals surface area contributed by atoms with Crippen LogP contribution in [0.4, 0.5) is 4.39 Å². The van der Waals surface area contributed by atoms with Gasteiger partial charge in [-0.1, -0.05) is 0 Å². The number of fused-ring (bicyclic) bond motifs is 4. The molecule has 7 unspecified atom stereocenters. The van der Waals surface area contributed by atoms with Gasteiger partial charge in [-0.3, -0.25) is 21.0 Å². The molecule has 2 bridgehead atoms. The summed E-state index contributed by atoms with van der Waals surface area (Å²) in [4.78, 5) is 2.69. The number of nitrogens with one attached hydrogen (secondary N) is 4. The van der Waals surface area contributed by atoms with Crippen LogP contribution < -0.4 is 21.4 Å². The summed E-state index contributed by atoms with van der Waals surface area (Å²) >= 11 is 0. The zero-order valence-electron chi connectivity index (χ0n) is 16.0. The number of hydrazine groups is 1. The number of alkyl halides is 1. The molecule has 4 N–H and O–H groups in total. The van der Waals surface area contributed by atoms with Crippen LogP contribution in [0.15, 0.2) is 0 Å². The Bertz CT molecular complexity index is 506. The molecule has 5 rings (SSSR count). The highest BCUT2D eigenvalue weighted by Gasteiger charge is 2.45. The van der Waals surface area contributed by atoms with Crippen LogP contribution in [0.25, 0.3) is 0 Å². The predicted octanol–water partition coefficient (Wildman–Crippen LogP) is 0.231. The van der Waals surface area contributed by atoms with Gasteiger partial charge in [-0.05, 0) is 44.9 Å². The van der Waals surface area contributed by atoms with E-state index in [0.29, 0.717) is 42.3 Å². The highest BCUT2D eigenvalue weighted by Crippen LogP contribution is 2.37. The highest BCUT2D eigenvalue weighted by atomic mass is 19.1. The molecule has 0 radical (unpaired) electrons. The summed E-state index contributed by atoms with van der Waals surface area (Å²) in [6, 6.07) is 1.54. The van der Waals surface area contributed by atoms with Crippen LogP contribution in [0, 0.1) is 11.8 Å². The number of halogens is 1. The Labute approximate surface area is 156 Å². The minimum atomic E-state index is -0.618. The van der Waals surface area contributed by atoms with Gasteiger partial charge in [-0.15, -0.1) is 0 Å². The number of rotatable bonds is 0. The van der Waals surface area contributed by atoms with Crippen molar-refractivity contribution in [2.75, 3.05) is 32.7 Å². The standard InChI is InChI=1S/C19H35FN6/c1-12-16-8-14(20)2-3-17(16)25-6-4-15(25)11-21-9-13-10-22-26-7-5-18(23-12)24-19(13)26/h12-19,21-24H,2-11H2,1H3/t12-,13?,14?,15?,16?,17?,18?,19?/m1/s1. The van der Waals surface area contributed by atoms with E-state index in [1.54, 1.807) is 0 Å². The van der Waals surface area contributed by atoms with E-state index in [1.807, 2.05) is 0 Å². The molecule has 4 heterocycles. The topological polar surface area (TPSA) is 54.6 Å². The first-order chi connectivity index (χ1) is 12.7. The van der Waals surface area contributed by atoms with Gasteiger partial charge in [-0.2, -0.15) is 0 Å². The van der Waals surface area contributed by atoms with Gasteiger partial charge < -0.3 is 5.32 Å². The third-order valence-electron chi connectivity index (χ3n) is 7.68. The zero-order chi connectivity index (χ0) is 17.7. The number of hydrogen-bond donors (Lipinski definition) is 4. The molecule has 6 nitrogen and oxygen atoms in total. The molecule has 0 aromatic heterocycles. The van der Waals surface area contributed by atoms with Crippen molar-refractivity contribution in [2.24, 2.45) is 11.8 Å². The van der Waals surface area contributed by atoms with Crippen molar-refractivity contribution in [1.82, 2.24) is 31.3 Å². The van der Waals surface area contributed by atoms with Crippen LogP contribution >= 0.6 is 0 Å². The van der Waals surface area contributed by atoms with E-state index in [-0.39, 0.29) is 0 Å². The van der Waals surface area contributed by atoms with E-state index in [2.05, 4.69) is 38.2 Å². The normalized spacial score (nSPS) is 50.5. The Kier molecular flexibility index (Phi) is 4.96. The van der Waals surface area contributed by atoms with Gasteiger partial charge in [0.15, 0.2) is 0 Å². The molecule has 0 amide bonds. The van der Waals surface area contributed by atoms with Crippen molar-refractivity contribution < 1.29 is 4.39 Å². The predicted molar refractivity (Wildman–Crippen MR) is 100 cm³/mol. The van der Waals surface area contributed by atoms with Gasteiger partial charge in [0.2, 0.25) is 0 Å². The third-order valence-corrected chi connectivity index (χ3v) is 7.68. The van der Waals surface area contributed by atoms with Gasteiger partial charge >= 0.3 is 0 Å². The molecular formula is C19H35FN6. The summed E-state index contributed by atoms with van der Waals surface area (Å²) in [6.45, 7) is 7.76. The van der Waals surface area contributed by atoms with Gasteiger partial charge in [0, 0.05) is 56.8 Å². The van der Waals surface area contributed by atoms with Gasteiger partial charge in [0.1, 0.15) is 6.17 Å². The first kappa shape index (κ1) is 17.8. The smallest absolute Gasteiger partial charge is 0.101 e. The number of nitrogens with zero attached hydrogens (tertiary/aromatic N) is 2. The molecule has 4 saturated heterocycles. The van der Waals surface area contributed by atoms with E-state index >= 15 is 0 Å². The quantitative estimate of drug-likeness (QED) is 0.493. The summed E-state index contributed by atoms with van der Waals surface area (Å²) in [5.74, 6) is 1.02. The highest BCUT2D eigenvalue weighted by molar-refractivity contribution is 5.00. The second-order valence-electron chi connectivity index (χ2n) is 9.20. The Morgan fingerprint density at radius 2 is 1.88 bits per heavy atom. The molecular weight excluding hydrogens is 331 g/mol. The average Bonchev–Trinajstić information content (AvgIpc) is 3.01. The van der Waals surface area contributed by atoms with Crippen molar-refractivity contribution in [3.63, 3.8) is 0 Å². The lowest BCUT2D eigenvalue weighted by Crippen LogP contribution is -2.65. The summed E-state index contributed by atoms with van der Waals surface area (Å²) in [6.07, 6.45) is 4.99. The first-order valence-corrected chi connectivity index (χ1v) is 10.8. The Hall–Kier alpha value is -0.310. The monoisotopic (exact) mass is 366 g/mol. The zero-order valence-corrected chi connectivity index (χ0v) is 16.0. The van der Waals surface area contributed by atoms with Crippen molar-refractivity contribution in [2.45, 2.75) is 75.7 Å². The number of hydrogen-bond acceptors (Lipinski definition) is 6. The molecule has 5 fully saturated rings. The van der Waals surface area contributed by atoms with E-state index in [9.17, 15) is 4.39 Å². The SMILES string of the molecule is C[C@H]1NC2CCN3NCC(CNCC4CCN4C4CCC(F)CC41)C3N2. The van der Waals surface area contributed by atoms with Crippen LogP contribution in [-0.2, 0) is 0 Å². The molecule has 0 aromatic carbocycles. The maximum atomic E-state index is 14.3. The second kappa shape index (κ2) is 7.26. The Balaban J connectivity index is 1.37. The lowest BCUT2D eigenvalue weighted by Gasteiger charge is -2.52. The average molecular weight is 367 g/mol. The first-order valence-electron chi connectivity index (χ1n) is 10.8. The maximum absolute atomic E-state index is 14.3. The largest absolute Gasteiger partial charge is 0.315 e. The van der Waals surface area contributed by atoms with Crippen molar-refractivity contribution in [1.29, 1.82) is 0 Å². The molecule has 148 valence electrons. The maximum Gasteiger partial charge on any atom is 0.101 e. The summed E-state index contributed by atoms with van der Waals surface area (Å²) in [7, 11) is 0. The fourth-order valence-corrected chi connectivity index (χ4v) is 6.09. The van der Waals surface area contributed by atoms with Gasteiger partial charge in [0.25, 0.3) is 0 Å². The molecule has 26 heavy (non-hydrogen) atoms. The molecule has 0 spiro atoms. The molecule has 8 atom stereocenters. The van der Waals surface area contributed by atoms with Gasteiger partial charge in [-0.25, -0.2) is 9.40 Å². The minimum absolute atomic E-state index is 0.335. The van der Waals surface area contributed by atoms with Crippen LogP contribution in [-0.4, -0.2) is 79.3 Å². The van der Waals surface area contributed by atoms with Crippen molar-refractivity contribution in [3.8, 4) is 0 Å². The van der Waals surface area contributed by atoms with Crippen LogP contribution in [0.5, 0.6) is 0 Å². The lowest BCUT2D eigenvalue weighted by atomic mass is 9.76. The van der Waals surface area contributed by atoms with E-state index < -0.39 is 6.17 Å². The third kappa shape index (κ3) is 3.20. The van der Waals surface area contributed by atoms with Gasteiger partial charge in [0.05, 0.1) is 12.3 Å². The van der Waals surface area contributed by atoms with E-state index in [0.717, 1.165) is 51.9 Å². The molecule has 5 aliphatic rings. The van der Waals surface area contributed by atoms with Crippen LogP contribution in [0.1, 0.15) is 39.0 Å². The van der Waals surface area contributed by atoms with Crippen molar-refractivity contribution in [3.05, 3.63) is 0 Å². The fourth-order valence-electron chi connectivity index (χ4n) is 6.09. The van der Waals surface area contributed by atoms with Crippen molar-refractivity contribution >= 4 is 0 Å². The summed E-state index contributed by atoms with van der Waals surface area (Å²) in [5, 5.41) is 13.8. The molecule has 1 saturated carbocycles. The molecule has 1 aliphatic carbocycles.